The van der Waals surface area contributed by atoms with Crippen LogP contribution in [0.2, 0.25) is 0 Å². The molecule has 0 aromatic rings. The van der Waals surface area contributed by atoms with Crippen LogP contribution in [0.15, 0.2) is 0 Å². The first kappa shape index (κ1) is 11.5. The van der Waals surface area contributed by atoms with E-state index in [4.69, 9.17) is 5.11 Å². The van der Waals surface area contributed by atoms with E-state index in [0.29, 0.717) is 13.1 Å². The lowest BCUT2D eigenvalue weighted by atomic mass is 10.1. The Labute approximate surface area is 87.2 Å². The van der Waals surface area contributed by atoms with Crippen molar-refractivity contribution in [2.24, 2.45) is 5.92 Å². The van der Waals surface area contributed by atoms with E-state index in [1.165, 1.54) is 11.8 Å². The fourth-order valence-electron chi connectivity index (χ4n) is 1.44. The minimum Gasteiger partial charge on any atom is -0.481 e. The molecule has 6 heteroatoms. The number of carbonyl (C=O) groups excluding carboxylic acids is 2. The van der Waals surface area contributed by atoms with Crippen molar-refractivity contribution >= 4 is 17.8 Å². The minimum absolute atomic E-state index is 0.243. The summed E-state index contributed by atoms with van der Waals surface area (Å²) in [6.45, 7) is 3.65. The first-order valence-electron chi connectivity index (χ1n) is 4.76. The van der Waals surface area contributed by atoms with Crippen LogP contribution in [0.4, 0.5) is 0 Å². The fraction of sp³-hybridized carbons (Fsp3) is 0.667. The van der Waals surface area contributed by atoms with E-state index in [1.807, 2.05) is 0 Å². The fourth-order valence-corrected chi connectivity index (χ4v) is 1.44. The molecule has 1 heterocycles. The molecule has 2 unspecified atom stereocenters. The SMILES string of the molecule is CC(C(=O)O)C(=O)N1CCNC(=O)C1C. The summed E-state index contributed by atoms with van der Waals surface area (Å²) in [6.07, 6.45) is 0. The van der Waals surface area contributed by atoms with Crippen molar-refractivity contribution < 1.29 is 19.5 Å². The van der Waals surface area contributed by atoms with Crippen molar-refractivity contribution in [2.75, 3.05) is 13.1 Å². The molecular weight excluding hydrogens is 200 g/mol. The summed E-state index contributed by atoms with van der Waals surface area (Å²) in [7, 11) is 0. The van der Waals surface area contributed by atoms with Gasteiger partial charge in [0.15, 0.2) is 0 Å². The number of hydrogen-bond donors (Lipinski definition) is 2. The predicted molar refractivity (Wildman–Crippen MR) is 51.0 cm³/mol. The van der Waals surface area contributed by atoms with Gasteiger partial charge in [-0.15, -0.1) is 0 Å². The van der Waals surface area contributed by atoms with Crippen LogP contribution in [0.3, 0.4) is 0 Å². The lowest BCUT2D eigenvalue weighted by Gasteiger charge is -2.33. The number of carbonyl (C=O) groups is 3. The molecule has 0 radical (unpaired) electrons. The number of carboxylic acid groups (broad SMARTS) is 1. The molecule has 1 fully saturated rings. The third-order valence-electron chi connectivity index (χ3n) is 2.52. The molecule has 0 aliphatic carbocycles. The number of carboxylic acids is 1. The predicted octanol–water partition coefficient (Wildman–Crippen LogP) is -0.946. The van der Waals surface area contributed by atoms with Gasteiger partial charge in [-0.05, 0) is 13.8 Å². The average Bonchev–Trinajstić information content (AvgIpc) is 2.20. The molecule has 1 aliphatic rings. The third kappa shape index (κ3) is 2.26. The van der Waals surface area contributed by atoms with Crippen molar-refractivity contribution in [1.82, 2.24) is 10.2 Å². The van der Waals surface area contributed by atoms with Crippen LogP contribution in [-0.4, -0.2) is 46.9 Å². The molecule has 0 aromatic heterocycles. The molecule has 0 bridgehead atoms. The number of nitrogens with zero attached hydrogens (tertiary/aromatic N) is 1. The zero-order chi connectivity index (χ0) is 11.6. The molecule has 0 saturated carbocycles. The Morgan fingerprint density at radius 1 is 1.60 bits per heavy atom. The van der Waals surface area contributed by atoms with E-state index < -0.39 is 23.8 Å². The van der Waals surface area contributed by atoms with Crippen LogP contribution in [0, 0.1) is 5.92 Å². The summed E-state index contributed by atoms with van der Waals surface area (Å²) in [6, 6.07) is -0.590. The van der Waals surface area contributed by atoms with Gasteiger partial charge in [0, 0.05) is 13.1 Å². The van der Waals surface area contributed by atoms with E-state index in [0.717, 1.165) is 0 Å². The molecule has 2 atom stereocenters. The second-order valence-corrected chi connectivity index (χ2v) is 3.56. The van der Waals surface area contributed by atoms with Gasteiger partial charge in [0.1, 0.15) is 12.0 Å². The molecule has 1 aliphatic heterocycles. The topological polar surface area (TPSA) is 86.7 Å². The maximum Gasteiger partial charge on any atom is 0.315 e. The van der Waals surface area contributed by atoms with Crippen LogP contribution in [0.25, 0.3) is 0 Å². The van der Waals surface area contributed by atoms with E-state index in [-0.39, 0.29) is 5.91 Å². The average molecular weight is 214 g/mol. The second-order valence-electron chi connectivity index (χ2n) is 3.56. The molecule has 0 aromatic carbocycles. The van der Waals surface area contributed by atoms with E-state index >= 15 is 0 Å². The van der Waals surface area contributed by atoms with Crippen molar-refractivity contribution in [3.05, 3.63) is 0 Å². The molecule has 84 valence electrons. The Morgan fingerprint density at radius 3 is 2.73 bits per heavy atom. The zero-order valence-corrected chi connectivity index (χ0v) is 8.69. The maximum atomic E-state index is 11.7. The van der Waals surface area contributed by atoms with Gasteiger partial charge in [-0.2, -0.15) is 0 Å². The summed E-state index contributed by atoms with van der Waals surface area (Å²) < 4.78 is 0. The van der Waals surface area contributed by atoms with E-state index in [9.17, 15) is 14.4 Å². The minimum atomic E-state index is -1.17. The molecule has 0 spiro atoms. The summed E-state index contributed by atoms with van der Waals surface area (Å²) >= 11 is 0. The largest absolute Gasteiger partial charge is 0.481 e. The van der Waals surface area contributed by atoms with Crippen LogP contribution < -0.4 is 5.32 Å². The Morgan fingerprint density at radius 2 is 2.20 bits per heavy atom. The van der Waals surface area contributed by atoms with Gasteiger partial charge >= 0.3 is 5.97 Å². The molecule has 2 amide bonds. The normalized spacial score (nSPS) is 23.2. The molecule has 1 rings (SSSR count). The van der Waals surface area contributed by atoms with Gasteiger partial charge in [0.2, 0.25) is 11.8 Å². The highest BCUT2D eigenvalue weighted by molar-refractivity contribution is 5.99. The number of aliphatic carboxylic acids is 1. The second kappa shape index (κ2) is 4.29. The number of amides is 2. The summed E-state index contributed by atoms with van der Waals surface area (Å²) in [4.78, 5) is 34.8. The molecular formula is C9H14N2O4. The van der Waals surface area contributed by atoms with Crippen molar-refractivity contribution in [2.45, 2.75) is 19.9 Å². The number of nitrogens with one attached hydrogen (secondary N) is 1. The van der Waals surface area contributed by atoms with Gasteiger partial charge < -0.3 is 15.3 Å². The van der Waals surface area contributed by atoms with Crippen LogP contribution in [0.1, 0.15) is 13.8 Å². The maximum absolute atomic E-state index is 11.7. The Balaban J connectivity index is 2.74. The monoisotopic (exact) mass is 214 g/mol. The smallest absolute Gasteiger partial charge is 0.315 e. The highest BCUT2D eigenvalue weighted by Gasteiger charge is 2.34. The first-order valence-corrected chi connectivity index (χ1v) is 4.76. The van der Waals surface area contributed by atoms with Crippen LogP contribution in [-0.2, 0) is 14.4 Å². The van der Waals surface area contributed by atoms with E-state index in [1.54, 1.807) is 6.92 Å². The first-order chi connectivity index (χ1) is 6.95. The lowest BCUT2D eigenvalue weighted by molar-refractivity contribution is -0.154. The van der Waals surface area contributed by atoms with Gasteiger partial charge in [-0.1, -0.05) is 0 Å². The number of rotatable bonds is 2. The summed E-state index contributed by atoms with van der Waals surface area (Å²) in [5, 5.41) is 11.3. The standard InChI is InChI=1S/C9H14N2O4/c1-5(9(14)15)8(13)11-4-3-10-7(12)6(11)2/h5-6H,3-4H2,1-2H3,(H,10,12)(H,14,15). The van der Waals surface area contributed by atoms with Crippen molar-refractivity contribution in [3.8, 4) is 0 Å². The Bertz CT molecular complexity index is 302. The molecule has 1 saturated heterocycles. The van der Waals surface area contributed by atoms with Gasteiger partial charge in [-0.25, -0.2) is 0 Å². The lowest BCUT2D eigenvalue weighted by Crippen LogP contribution is -2.57. The molecule has 15 heavy (non-hydrogen) atoms. The highest BCUT2D eigenvalue weighted by atomic mass is 16.4. The molecule has 2 N–H and O–H groups in total. The van der Waals surface area contributed by atoms with Crippen molar-refractivity contribution in [3.63, 3.8) is 0 Å². The van der Waals surface area contributed by atoms with Gasteiger partial charge in [0.05, 0.1) is 0 Å². The molecule has 6 nitrogen and oxygen atoms in total. The summed E-state index contributed by atoms with van der Waals surface area (Å²) in [5.41, 5.74) is 0. The number of hydrogen-bond acceptors (Lipinski definition) is 3. The van der Waals surface area contributed by atoms with Crippen molar-refractivity contribution in [1.29, 1.82) is 0 Å². The van der Waals surface area contributed by atoms with Gasteiger partial charge in [0.25, 0.3) is 0 Å². The summed E-state index contributed by atoms with van der Waals surface area (Å²) in [5.74, 6) is -3.02. The van der Waals surface area contributed by atoms with Crippen LogP contribution in [0.5, 0.6) is 0 Å². The van der Waals surface area contributed by atoms with Crippen LogP contribution >= 0.6 is 0 Å². The number of piperazine rings is 1. The van der Waals surface area contributed by atoms with E-state index in [2.05, 4.69) is 5.32 Å². The third-order valence-corrected chi connectivity index (χ3v) is 2.52. The highest BCUT2D eigenvalue weighted by Crippen LogP contribution is 2.09. The Kier molecular flexibility index (Phi) is 3.28. The zero-order valence-electron chi connectivity index (χ0n) is 8.69. The van der Waals surface area contributed by atoms with Gasteiger partial charge in [-0.3, -0.25) is 14.4 Å². The quantitative estimate of drug-likeness (QED) is 0.580. The Hall–Kier alpha value is -1.59.